The molecular weight excluding hydrogens is 271 g/mol. The summed E-state index contributed by atoms with van der Waals surface area (Å²) in [5.74, 6) is 0. The molecule has 0 aliphatic heterocycles. The summed E-state index contributed by atoms with van der Waals surface area (Å²) in [6.07, 6.45) is -4.12. The molecule has 0 unspecified atom stereocenters. The normalized spacial score (nSPS) is 14.0. The predicted molar refractivity (Wildman–Crippen MR) is 60.3 cm³/mol. The molecule has 0 atom stereocenters. The van der Waals surface area contributed by atoms with Gasteiger partial charge in [-0.3, -0.25) is 4.90 Å². The number of halogens is 4. The quantitative estimate of drug-likeness (QED) is 0.698. The lowest BCUT2D eigenvalue weighted by molar-refractivity contribution is -0.152. The van der Waals surface area contributed by atoms with Gasteiger partial charge in [-0.15, -0.1) is 0 Å². The molecule has 0 rings (SSSR count). The minimum absolute atomic E-state index is 0.0926. The van der Waals surface area contributed by atoms with Crippen molar-refractivity contribution in [1.82, 2.24) is 4.90 Å². The van der Waals surface area contributed by atoms with Crippen molar-refractivity contribution in [2.75, 3.05) is 18.4 Å². The molecule has 0 aromatic rings. The van der Waals surface area contributed by atoms with Gasteiger partial charge in [0.2, 0.25) is 0 Å². The van der Waals surface area contributed by atoms with Crippen molar-refractivity contribution in [1.29, 1.82) is 0 Å². The van der Waals surface area contributed by atoms with Crippen LogP contribution in [0.4, 0.5) is 13.2 Å². The maximum atomic E-state index is 12.3. The predicted octanol–water partition coefficient (Wildman–Crippen LogP) is 3.68. The van der Waals surface area contributed by atoms with Gasteiger partial charge in [0.1, 0.15) is 0 Å². The summed E-state index contributed by atoms with van der Waals surface area (Å²) in [6.45, 7) is 7.09. The van der Waals surface area contributed by atoms with Gasteiger partial charge in [-0.05, 0) is 19.3 Å². The van der Waals surface area contributed by atoms with E-state index >= 15 is 0 Å². The molecule has 0 aliphatic carbocycles. The molecule has 0 amide bonds. The monoisotopic (exact) mass is 289 g/mol. The standard InChI is InChI=1S/C10H19BrF3N/c1-8(2)15(7-10(12,13)14)6-9(3,4)5-11/h8H,5-7H2,1-4H3. The van der Waals surface area contributed by atoms with Gasteiger partial charge in [0.25, 0.3) is 0 Å². The SMILES string of the molecule is CC(C)N(CC(F)(F)F)CC(C)(C)CBr. The van der Waals surface area contributed by atoms with Crippen molar-refractivity contribution in [3.05, 3.63) is 0 Å². The number of alkyl halides is 4. The molecule has 0 radical (unpaired) electrons. The van der Waals surface area contributed by atoms with Crippen LogP contribution in [0.2, 0.25) is 0 Å². The Labute approximate surface area is 98.1 Å². The van der Waals surface area contributed by atoms with Gasteiger partial charge >= 0.3 is 6.18 Å². The third-order valence-electron chi connectivity index (χ3n) is 2.11. The van der Waals surface area contributed by atoms with Crippen molar-refractivity contribution in [2.45, 2.75) is 39.9 Å². The molecule has 0 N–H and O–H groups in total. The van der Waals surface area contributed by atoms with Crippen molar-refractivity contribution in [3.63, 3.8) is 0 Å². The van der Waals surface area contributed by atoms with E-state index in [9.17, 15) is 13.2 Å². The topological polar surface area (TPSA) is 3.24 Å². The summed E-state index contributed by atoms with van der Waals surface area (Å²) in [6, 6.07) is -0.0926. The average molecular weight is 290 g/mol. The summed E-state index contributed by atoms with van der Waals surface area (Å²) in [7, 11) is 0. The number of nitrogens with zero attached hydrogens (tertiary/aromatic N) is 1. The molecule has 15 heavy (non-hydrogen) atoms. The van der Waals surface area contributed by atoms with Crippen molar-refractivity contribution in [2.24, 2.45) is 5.41 Å². The van der Waals surface area contributed by atoms with Crippen molar-refractivity contribution >= 4 is 15.9 Å². The average Bonchev–Trinajstić information content (AvgIpc) is 2.00. The van der Waals surface area contributed by atoms with Gasteiger partial charge in [0, 0.05) is 17.9 Å². The first-order chi connectivity index (χ1) is 6.57. The maximum Gasteiger partial charge on any atom is 0.401 e. The second-order valence-electron chi connectivity index (χ2n) is 4.91. The molecule has 0 heterocycles. The van der Waals surface area contributed by atoms with Crippen LogP contribution in [0.3, 0.4) is 0 Å². The van der Waals surface area contributed by atoms with Crippen LogP contribution in [0.5, 0.6) is 0 Å². The Kier molecular flexibility index (Phi) is 5.61. The van der Waals surface area contributed by atoms with E-state index in [0.717, 1.165) is 0 Å². The zero-order chi connectivity index (χ0) is 12.3. The van der Waals surface area contributed by atoms with Crippen LogP contribution < -0.4 is 0 Å². The highest BCUT2D eigenvalue weighted by molar-refractivity contribution is 9.09. The molecule has 0 aromatic carbocycles. The van der Waals surface area contributed by atoms with Crippen LogP contribution in [0.1, 0.15) is 27.7 Å². The maximum absolute atomic E-state index is 12.3. The highest BCUT2D eigenvalue weighted by atomic mass is 79.9. The van der Waals surface area contributed by atoms with Crippen LogP contribution in [0.25, 0.3) is 0 Å². The van der Waals surface area contributed by atoms with E-state index < -0.39 is 12.7 Å². The van der Waals surface area contributed by atoms with E-state index in [1.165, 1.54) is 4.90 Å². The molecule has 0 aromatic heterocycles. The van der Waals surface area contributed by atoms with Crippen LogP contribution in [-0.2, 0) is 0 Å². The molecular formula is C10H19BrF3N. The first-order valence-corrected chi connectivity index (χ1v) is 6.06. The van der Waals surface area contributed by atoms with E-state index in [2.05, 4.69) is 15.9 Å². The highest BCUT2D eigenvalue weighted by Crippen LogP contribution is 2.24. The fourth-order valence-electron chi connectivity index (χ4n) is 1.24. The molecule has 0 aliphatic rings. The minimum Gasteiger partial charge on any atom is -0.292 e. The fraction of sp³-hybridized carbons (Fsp3) is 1.00. The third-order valence-corrected chi connectivity index (χ3v) is 3.62. The Morgan fingerprint density at radius 3 is 1.87 bits per heavy atom. The number of hydrogen-bond acceptors (Lipinski definition) is 1. The summed E-state index contributed by atoms with van der Waals surface area (Å²) >= 11 is 3.32. The highest BCUT2D eigenvalue weighted by Gasteiger charge is 2.34. The van der Waals surface area contributed by atoms with E-state index in [1.807, 2.05) is 13.8 Å². The van der Waals surface area contributed by atoms with E-state index in [1.54, 1.807) is 13.8 Å². The van der Waals surface area contributed by atoms with Crippen molar-refractivity contribution < 1.29 is 13.2 Å². The van der Waals surface area contributed by atoms with E-state index in [-0.39, 0.29) is 11.5 Å². The Hall–Kier alpha value is 0.230. The van der Waals surface area contributed by atoms with Gasteiger partial charge in [-0.1, -0.05) is 29.8 Å². The van der Waals surface area contributed by atoms with Crippen molar-refractivity contribution in [3.8, 4) is 0 Å². The molecule has 0 saturated carbocycles. The van der Waals surface area contributed by atoms with Gasteiger partial charge in [0.05, 0.1) is 6.54 Å². The summed E-state index contributed by atoms with van der Waals surface area (Å²) in [5.41, 5.74) is -0.143. The minimum atomic E-state index is -4.12. The summed E-state index contributed by atoms with van der Waals surface area (Å²) in [4.78, 5) is 1.46. The molecule has 0 fully saturated rings. The fourth-order valence-corrected chi connectivity index (χ4v) is 1.42. The molecule has 0 bridgehead atoms. The summed E-state index contributed by atoms with van der Waals surface area (Å²) < 4.78 is 36.9. The first-order valence-electron chi connectivity index (χ1n) is 4.94. The molecule has 5 heteroatoms. The molecule has 1 nitrogen and oxygen atoms in total. The Balaban J connectivity index is 4.42. The van der Waals surface area contributed by atoms with E-state index in [0.29, 0.717) is 11.9 Å². The van der Waals surface area contributed by atoms with Crippen LogP contribution >= 0.6 is 15.9 Å². The first kappa shape index (κ1) is 15.2. The zero-order valence-electron chi connectivity index (χ0n) is 9.66. The zero-order valence-corrected chi connectivity index (χ0v) is 11.2. The molecule has 92 valence electrons. The second kappa shape index (κ2) is 5.53. The van der Waals surface area contributed by atoms with Crippen LogP contribution in [-0.4, -0.2) is 35.5 Å². The molecule has 0 spiro atoms. The smallest absolute Gasteiger partial charge is 0.292 e. The lowest BCUT2D eigenvalue weighted by atomic mass is 9.95. The van der Waals surface area contributed by atoms with Gasteiger partial charge < -0.3 is 0 Å². The largest absolute Gasteiger partial charge is 0.401 e. The number of hydrogen-bond donors (Lipinski definition) is 0. The molecule has 0 saturated heterocycles. The lowest BCUT2D eigenvalue weighted by Gasteiger charge is -2.34. The Bertz CT molecular complexity index is 190. The Morgan fingerprint density at radius 1 is 1.13 bits per heavy atom. The second-order valence-corrected chi connectivity index (χ2v) is 5.47. The van der Waals surface area contributed by atoms with E-state index in [4.69, 9.17) is 0 Å². The van der Waals surface area contributed by atoms with Crippen LogP contribution in [0.15, 0.2) is 0 Å². The lowest BCUT2D eigenvalue weighted by Crippen LogP contribution is -2.44. The van der Waals surface area contributed by atoms with Crippen LogP contribution in [0, 0.1) is 5.41 Å². The summed E-state index contributed by atoms with van der Waals surface area (Å²) in [5, 5.41) is 0.696. The van der Waals surface area contributed by atoms with Gasteiger partial charge in [-0.25, -0.2) is 0 Å². The number of rotatable bonds is 5. The third kappa shape index (κ3) is 7.17. The van der Waals surface area contributed by atoms with Gasteiger partial charge in [0.15, 0.2) is 0 Å². The Morgan fingerprint density at radius 2 is 1.60 bits per heavy atom. The van der Waals surface area contributed by atoms with Gasteiger partial charge in [-0.2, -0.15) is 13.2 Å².